The number of hydrogen-bond acceptors (Lipinski definition) is 5. The Morgan fingerprint density at radius 1 is 1.22 bits per heavy atom. The summed E-state index contributed by atoms with van der Waals surface area (Å²) in [4.78, 5) is 42.1. The van der Waals surface area contributed by atoms with Gasteiger partial charge in [-0.05, 0) is 43.9 Å². The summed E-state index contributed by atoms with van der Waals surface area (Å²) in [5, 5.41) is 6.02. The van der Waals surface area contributed by atoms with Crippen LogP contribution in [0, 0.1) is 0 Å². The van der Waals surface area contributed by atoms with Gasteiger partial charge >= 0.3 is 0 Å². The van der Waals surface area contributed by atoms with Gasteiger partial charge in [0, 0.05) is 20.0 Å². The highest BCUT2D eigenvalue weighted by Gasteiger charge is 2.23. The molecule has 8 heteroatoms. The zero-order valence-electron chi connectivity index (χ0n) is 15.6. The third kappa shape index (κ3) is 5.03. The number of benzene rings is 1. The first kappa shape index (κ1) is 19.3. The van der Waals surface area contributed by atoms with E-state index in [1.807, 2.05) is 23.1 Å². The number of carbonyl (C=O) groups excluding carboxylic acids is 3. The van der Waals surface area contributed by atoms with Crippen LogP contribution in [0.3, 0.4) is 0 Å². The van der Waals surface area contributed by atoms with Crippen molar-refractivity contribution in [3.8, 4) is 0 Å². The Labute approximate surface area is 162 Å². The first-order valence-corrected chi connectivity index (χ1v) is 9.99. The normalized spacial score (nSPS) is 15.4. The molecule has 0 spiro atoms. The molecule has 1 aliphatic heterocycles. The van der Waals surface area contributed by atoms with Gasteiger partial charge in [0.25, 0.3) is 0 Å². The lowest BCUT2D eigenvalue weighted by atomic mass is 10.1. The first-order valence-electron chi connectivity index (χ1n) is 9.17. The summed E-state index contributed by atoms with van der Waals surface area (Å²) >= 11 is 1.37. The Balaban J connectivity index is 1.59. The van der Waals surface area contributed by atoms with Crippen LogP contribution < -0.4 is 10.6 Å². The van der Waals surface area contributed by atoms with E-state index in [9.17, 15) is 14.4 Å². The monoisotopic (exact) mass is 388 g/mol. The zero-order valence-corrected chi connectivity index (χ0v) is 16.4. The molecular weight excluding hydrogens is 364 g/mol. The third-order valence-electron chi connectivity index (χ3n) is 4.52. The van der Waals surface area contributed by atoms with Gasteiger partial charge in [-0.3, -0.25) is 14.4 Å². The van der Waals surface area contributed by atoms with Gasteiger partial charge in [-0.15, -0.1) is 0 Å². The Bertz CT molecular complexity index is 858. The van der Waals surface area contributed by atoms with Gasteiger partial charge in [-0.2, -0.15) is 0 Å². The predicted octanol–water partition coefficient (Wildman–Crippen LogP) is 2.31. The largest absolute Gasteiger partial charge is 0.344 e. The minimum atomic E-state index is -0.519. The minimum absolute atomic E-state index is 0.0130. The summed E-state index contributed by atoms with van der Waals surface area (Å²) < 4.78 is 0.904. The van der Waals surface area contributed by atoms with Crippen molar-refractivity contribution in [3.63, 3.8) is 0 Å². The van der Waals surface area contributed by atoms with Crippen LogP contribution in [-0.4, -0.2) is 46.7 Å². The fourth-order valence-corrected chi connectivity index (χ4v) is 4.19. The first-order chi connectivity index (χ1) is 12.9. The Kier molecular flexibility index (Phi) is 6.05. The topological polar surface area (TPSA) is 91.4 Å². The molecule has 2 aromatic rings. The molecule has 27 heavy (non-hydrogen) atoms. The molecule has 1 fully saturated rings. The van der Waals surface area contributed by atoms with Crippen molar-refractivity contribution in [3.05, 3.63) is 23.8 Å². The van der Waals surface area contributed by atoms with Crippen LogP contribution in [0.25, 0.3) is 10.2 Å². The van der Waals surface area contributed by atoms with E-state index in [-0.39, 0.29) is 24.1 Å². The smallest absolute Gasteiger partial charge is 0.244 e. The van der Waals surface area contributed by atoms with Crippen molar-refractivity contribution in [1.82, 2.24) is 15.2 Å². The second-order valence-electron chi connectivity index (χ2n) is 6.85. The standard InChI is InChI=1S/C19H24N4O3S/c1-12(18(26)23-8-4-3-5-9-23)20-17(25)11-14-6-7-15-16(10-14)27-19(22-15)21-13(2)24/h6-7,10,12H,3-5,8-9,11H2,1-2H3,(H,20,25)(H,21,22,24). The highest BCUT2D eigenvalue weighted by Crippen LogP contribution is 2.27. The molecule has 1 saturated heterocycles. The van der Waals surface area contributed by atoms with Gasteiger partial charge < -0.3 is 15.5 Å². The average molecular weight is 388 g/mol. The summed E-state index contributed by atoms with van der Waals surface area (Å²) in [6.45, 7) is 4.73. The molecule has 1 aromatic carbocycles. The molecule has 144 valence electrons. The van der Waals surface area contributed by atoms with Crippen LogP contribution in [0.4, 0.5) is 5.13 Å². The number of aromatic nitrogens is 1. The van der Waals surface area contributed by atoms with Crippen LogP contribution in [-0.2, 0) is 20.8 Å². The van der Waals surface area contributed by atoms with Crippen LogP contribution in [0.1, 0.15) is 38.7 Å². The lowest BCUT2D eigenvalue weighted by Gasteiger charge is -2.29. The maximum absolute atomic E-state index is 12.4. The molecule has 0 saturated carbocycles. The summed E-state index contributed by atoms with van der Waals surface area (Å²) in [6, 6.07) is 5.06. The molecule has 3 amide bonds. The number of carbonyl (C=O) groups is 3. The maximum Gasteiger partial charge on any atom is 0.244 e. The highest BCUT2D eigenvalue weighted by atomic mass is 32.1. The lowest BCUT2D eigenvalue weighted by Crippen LogP contribution is -2.48. The molecule has 0 bridgehead atoms. The number of thiazole rings is 1. The molecule has 2 N–H and O–H groups in total. The number of amides is 3. The zero-order chi connectivity index (χ0) is 19.4. The molecule has 2 heterocycles. The van der Waals surface area contributed by atoms with Gasteiger partial charge in [-0.1, -0.05) is 17.4 Å². The van der Waals surface area contributed by atoms with E-state index in [1.165, 1.54) is 18.3 Å². The summed E-state index contributed by atoms with van der Waals surface area (Å²) in [5.41, 5.74) is 1.62. The average Bonchev–Trinajstić information content (AvgIpc) is 3.02. The SMILES string of the molecule is CC(=O)Nc1nc2ccc(CC(=O)NC(C)C(=O)N3CCCCC3)cc2s1. The maximum atomic E-state index is 12.4. The van der Waals surface area contributed by atoms with Crippen LogP contribution in [0.2, 0.25) is 0 Å². The minimum Gasteiger partial charge on any atom is -0.344 e. The van der Waals surface area contributed by atoms with E-state index < -0.39 is 6.04 Å². The number of hydrogen-bond donors (Lipinski definition) is 2. The van der Waals surface area contributed by atoms with Gasteiger partial charge in [0.2, 0.25) is 17.7 Å². The molecule has 1 atom stereocenters. The fraction of sp³-hybridized carbons (Fsp3) is 0.474. The second kappa shape index (κ2) is 8.47. The van der Waals surface area contributed by atoms with Crippen molar-refractivity contribution in [1.29, 1.82) is 0 Å². The lowest BCUT2D eigenvalue weighted by molar-refractivity contribution is -0.136. The fourth-order valence-electron chi connectivity index (χ4n) is 3.21. The van der Waals surface area contributed by atoms with Gasteiger partial charge in [0.1, 0.15) is 6.04 Å². The molecule has 1 unspecified atom stereocenters. The number of anilines is 1. The number of likely N-dealkylation sites (tertiary alicyclic amines) is 1. The quantitative estimate of drug-likeness (QED) is 0.822. The predicted molar refractivity (Wildman–Crippen MR) is 106 cm³/mol. The number of rotatable bonds is 5. The van der Waals surface area contributed by atoms with Crippen molar-refractivity contribution in [2.24, 2.45) is 0 Å². The van der Waals surface area contributed by atoms with Crippen molar-refractivity contribution < 1.29 is 14.4 Å². The molecule has 7 nitrogen and oxygen atoms in total. The van der Waals surface area contributed by atoms with Gasteiger partial charge in [0.15, 0.2) is 5.13 Å². The van der Waals surface area contributed by atoms with Crippen molar-refractivity contribution in [2.75, 3.05) is 18.4 Å². The van der Waals surface area contributed by atoms with Gasteiger partial charge in [-0.25, -0.2) is 4.98 Å². The van der Waals surface area contributed by atoms with Crippen molar-refractivity contribution >= 4 is 44.4 Å². The van der Waals surface area contributed by atoms with E-state index in [1.54, 1.807) is 6.92 Å². The molecule has 1 aliphatic rings. The number of nitrogens with one attached hydrogen (secondary N) is 2. The van der Waals surface area contributed by atoms with Crippen LogP contribution >= 0.6 is 11.3 Å². The summed E-state index contributed by atoms with van der Waals surface area (Å²) in [5.74, 6) is -0.360. The Hall–Kier alpha value is -2.48. The number of fused-ring (bicyclic) bond motifs is 1. The summed E-state index contributed by atoms with van der Waals surface area (Å²) in [6.07, 6.45) is 3.42. The highest BCUT2D eigenvalue weighted by molar-refractivity contribution is 7.22. The van der Waals surface area contributed by atoms with E-state index >= 15 is 0 Å². The second-order valence-corrected chi connectivity index (χ2v) is 7.88. The Morgan fingerprint density at radius 2 is 1.96 bits per heavy atom. The molecule has 3 rings (SSSR count). The molecule has 1 aromatic heterocycles. The van der Waals surface area contributed by atoms with Gasteiger partial charge in [0.05, 0.1) is 16.6 Å². The van der Waals surface area contributed by atoms with Crippen LogP contribution in [0.15, 0.2) is 18.2 Å². The molecule has 0 radical (unpaired) electrons. The third-order valence-corrected chi connectivity index (χ3v) is 5.45. The van der Waals surface area contributed by atoms with E-state index in [0.717, 1.165) is 48.1 Å². The Morgan fingerprint density at radius 3 is 2.67 bits per heavy atom. The summed E-state index contributed by atoms with van der Waals surface area (Å²) in [7, 11) is 0. The van der Waals surface area contributed by atoms with Crippen molar-refractivity contribution in [2.45, 2.75) is 45.6 Å². The molecule has 0 aliphatic carbocycles. The number of piperidine rings is 1. The van der Waals surface area contributed by atoms with E-state index in [2.05, 4.69) is 15.6 Å². The molecular formula is C19H24N4O3S. The van der Waals surface area contributed by atoms with E-state index in [0.29, 0.717) is 5.13 Å². The van der Waals surface area contributed by atoms with Crippen LogP contribution in [0.5, 0.6) is 0 Å². The van der Waals surface area contributed by atoms with E-state index in [4.69, 9.17) is 0 Å². The number of nitrogens with zero attached hydrogens (tertiary/aromatic N) is 2.